The van der Waals surface area contributed by atoms with Crippen LogP contribution in [-0.2, 0) is 6.42 Å². The highest BCUT2D eigenvalue weighted by Crippen LogP contribution is 2.29. The minimum absolute atomic E-state index is 1.01. The summed E-state index contributed by atoms with van der Waals surface area (Å²) in [6, 6.07) is 17.0. The maximum Gasteiger partial charge on any atom is 0.0780 e. The molecule has 0 N–H and O–H groups in total. The number of aryl methyl sites for hydroxylation is 1. The van der Waals surface area contributed by atoms with Crippen LogP contribution in [0.4, 0.5) is 0 Å². The van der Waals surface area contributed by atoms with Gasteiger partial charge in [0.05, 0.1) is 5.52 Å². The quantitative estimate of drug-likeness (QED) is 0.637. The molecule has 0 aliphatic carbocycles. The van der Waals surface area contributed by atoms with E-state index < -0.39 is 0 Å². The molecule has 1 nitrogen and oxygen atoms in total. The van der Waals surface area contributed by atoms with Crippen LogP contribution in [0.3, 0.4) is 0 Å². The number of hydrogen-bond acceptors (Lipinski definition) is 1. The smallest absolute Gasteiger partial charge is 0.0780 e. The van der Waals surface area contributed by atoms with E-state index in [2.05, 4.69) is 61.0 Å². The molecule has 20 heavy (non-hydrogen) atoms. The maximum absolute atomic E-state index is 4.54. The van der Waals surface area contributed by atoms with E-state index in [-0.39, 0.29) is 0 Å². The molecule has 0 saturated carbocycles. The number of rotatable bonds is 3. The largest absolute Gasteiger partial charge is 0.256 e. The first-order valence-electron chi connectivity index (χ1n) is 6.93. The molecule has 0 aliphatic rings. The van der Waals surface area contributed by atoms with Gasteiger partial charge in [-0.2, -0.15) is 0 Å². The fourth-order valence-electron chi connectivity index (χ4n) is 2.62. The minimum atomic E-state index is 1.01. The molecule has 0 bridgehead atoms. The number of nitrogens with zero attached hydrogens (tertiary/aromatic N) is 1. The van der Waals surface area contributed by atoms with Crippen molar-refractivity contribution in [1.29, 1.82) is 0 Å². The standard InChI is InChI=1S/C19H17N/c1-3-14-10-11-17(13-15(14)4-2)18-9-5-7-16-8-6-12-20-19(16)18/h3,5-13H,1,4H2,2H3. The third-order valence-corrected chi connectivity index (χ3v) is 3.69. The topological polar surface area (TPSA) is 12.9 Å². The van der Waals surface area contributed by atoms with E-state index >= 15 is 0 Å². The Morgan fingerprint density at radius 2 is 1.95 bits per heavy atom. The summed E-state index contributed by atoms with van der Waals surface area (Å²) in [6.07, 6.45) is 4.78. The summed E-state index contributed by atoms with van der Waals surface area (Å²) in [6.45, 7) is 6.05. The maximum atomic E-state index is 4.54. The van der Waals surface area contributed by atoms with Gasteiger partial charge >= 0.3 is 0 Å². The molecule has 0 radical (unpaired) electrons. The first-order chi connectivity index (χ1) is 9.83. The summed E-state index contributed by atoms with van der Waals surface area (Å²) in [5.74, 6) is 0. The first kappa shape index (κ1) is 12.6. The predicted octanol–water partition coefficient (Wildman–Crippen LogP) is 5.11. The van der Waals surface area contributed by atoms with Gasteiger partial charge in [-0.25, -0.2) is 0 Å². The van der Waals surface area contributed by atoms with Crippen LogP contribution in [0.5, 0.6) is 0 Å². The molecule has 3 aromatic rings. The lowest BCUT2D eigenvalue weighted by Crippen LogP contribution is -1.89. The highest BCUT2D eigenvalue weighted by molar-refractivity contribution is 5.93. The Morgan fingerprint density at radius 3 is 2.75 bits per heavy atom. The van der Waals surface area contributed by atoms with Crippen LogP contribution in [0, 0.1) is 0 Å². The van der Waals surface area contributed by atoms with Gasteiger partial charge in [-0.3, -0.25) is 4.98 Å². The third kappa shape index (κ3) is 2.12. The van der Waals surface area contributed by atoms with Crippen molar-refractivity contribution in [2.24, 2.45) is 0 Å². The number of aromatic nitrogens is 1. The zero-order valence-electron chi connectivity index (χ0n) is 11.6. The number of benzene rings is 2. The molecule has 0 unspecified atom stereocenters. The van der Waals surface area contributed by atoms with E-state index in [0.29, 0.717) is 0 Å². The molecule has 1 heterocycles. The highest BCUT2D eigenvalue weighted by Gasteiger charge is 2.06. The SMILES string of the molecule is C=Cc1ccc(-c2cccc3cccnc23)cc1CC. The third-order valence-electron chi connectivity index (χ3n) is 3.69. The van der Waals surface area contributed by atoms with Gasteiger partial charge in [0.2, 0.25) is 0 Å². The molecule has 98 valence electrons. The molecule has 0 amide bonds. The van der Waals surface area contributed by atoms with E-state index in [1.165, 1.54) is 27.6 Å². The van der Waals surface area contributed by atoms with Gasteiger partial charge in [-0.05, 0) is 29.2 Å². The average molecular weight is 259 g/mol. The van der Waals surface area contributed by atoms with Gasteiger partial charge in [-0.15, -0.1) is 0 Å². The molecule has 1 aromatic heterocycles. The van der Waals surface area contributed by atoms with Crippen molar-refractivity contribution in [2.75, 3.05) is 0 Å². The van der Waals surface area contributed by atoms with Crippen LogP contribution in [0.2, 0.25) is 0 Å². The molecule has 3 rings (SSSR count). The van der Waals surface area contributed by atoms with Crippen molar-refractivity contribution < 1.29 is 0 Å². The van der Waals surface area contributed by atoms with Crippen molar-refractivity contribution in [3.05, 3.63) is 72.4 Å². The van der Waals surface area contributed by atoms with E-state index in [1.807, 2.05) is 18.3 Å². The summed E-state index contributed by atoms with van der Waals surface area (Å²) in [5, 5.41) is 1.18. The van der Waals surface area contributed by atoms with Crippen molar-refractivity contribution in [3.8, 4) is 11.1 Å². The van der Waals surface area contributed by atoms with Crippen LogP contribution in [-0.4, -0.2) is 4.98 Å². The summed E-state index contributed by atoms with van der Waals surface area (Å²) in [5.41, 5.74) is 6.00. The van der Waals surface area contributed by atoms with Crippen molar-refractivity contribution in [3.63, 3.8) is 0 Å². The van der Waals surface area contributed by atoms with Gasteiger partial charge < -0.3 is 0 Å². The molecule has 0 aliphatic heterocycles. The summed E-state index contributed by atoms with van der Waals surface area (Å²) < 4.78 is 0. The van der Waals surface area contributed by atoms with Crippen LogP contribution in [0.1, 0.15) is 18.1 Å². The molecular formula is C19H17N. The van der Waals surface area contributed by atoms with E-state index in [1.54, 1.807) is 0 Å². The summed E-state index contributed by atoms with van der Waals surface area (Å²) in [4.78, 5) is 4.54. The molecule has 0 atom stereocenters. The fourth-order valence-corrected chi connectivity index (χ4v) is 2.62. The molecule has 1 heteroatoms. The van der Waals surface area contributed by atoms with Gasteiger partial charge in [0.15, 0.2) is 0 Å². The molecular weight excluding hydrogens is 242 g/mol. The zero-order chi connectivity index (χ0) is 13.9. The Balaban J connectivity index is 2.23. The number of para-hydroxylation sites is 1. The van der Waals surface area contributed by atoms with Crippen LogP contribution in [0.15, 0.2) is 61.3 Å². The van der Waals surface area contributed by atoms with Crippen molar-refractivity contribution in [2.45, 2.75) is 13.3 Å². The predicted molar refractivity (Wildman–Crippen MR) is 86.6 cm³/mol. The van der Waals surface area contributed by atoms with E-state index in [4.69, 9.17) is 0 Å². The Labute approximate surface area is 119 Å². The summed E-state index contributed by atoms with van der Waals surface area (Å²) in [7, 11) is 0. The lowest BCUT2D eigenvalue weighted by Gasteiger charge is -2.09. The normalized spacial score (nSPS) is 10.7. The molecule has 2 aromatic carbocycles. The van der Waals surface area contributed by atoms with Crippen molar-refractivity contribution in [1.82, 2.24) is 4.98 Å². The van der Waals surface area contributed by atoms with Crippen LogP contribution >= 0.6 is 0 Å². The lowest BCUT2D eigenvalue weighted by atomic mass is 9.96. The van der Waals surface area contributed by atoms with Crippen molar-refractivity contribution >= 4 is 17.0 Å². The van der Waals surface area contributed by atoms with E-state index in [9.17, 15) is 0 Å². The van der Waals surface area contributed by atoms with Crippen LogP contribution in [0.25, 0.3) is 28.1 Å². The average Bonchev–Trinajstić information content (AvgIpc) is 2.53. The molecule has 0 fully saturated rings. The second-order valence-electron chi connectivity index (χ2n) is 4.85. The Hall–Kier alpha value is -2.41. The second kappa shape index (κ2) is 5.30. The monoisotopic (exact) mass is 259 g/mol. The van der Waals surface area contributed by atoms with Gasteiger partial charge in [-0.1, -0.05) is 62.0 Å². The highest BCUT2D eigenvalue weighted by atomic mass is 14.6. The van der Waals surface area contributed by atoms with Crippen LogP contribution < -0.4 is 0 Å². The molecule has 0 saturated heterocycles. The summed E-state index contributed by atoms with van der Waals surface area (Å²) >= 11 is 0. The minimum Gasteiger partial charge on any atom is -0.256 e. The molecule has 0 spiro atoms. The Bertz CT molecular complexity index is 766. The number of fused-ring (bicyclic) bond motifs is 1. The zero-order valence-corrected chi connectivity index (χ0v) is 11.6. The van der Waals surface area contributed by atoms with Gasteiger partial charge in [0, 0.05) is 17.1 Å². The number of pyridine rings is 1. The Kier molecular flexibility index (Phi) is 3.34. The van der Waals surface area contributed by atoms with Gasteiger partial charge in [0.25, 0.3) is 0 Å². The first-order valence-corrected chi connectivity index (χ1v) is 6.93. The fraction of sp³-hybridized carbons (Fsp3) is 0.105. The lowest BCUT2D eigenvalue weighted by molar-refractivity contribution is 1.13. The number of hydrogen-bond donors (Lipinski definition) is 0. The van der Waals surface area contributed by atoms with E-state index in [0.717, 1.165) is 11.9 Å². The van der Waals surface area contributed by atoms with Gasteiger partial charge in [0.1, 0.15) is 0 Å². The Morgan fingerprint density at radius 1 is 1.10 bits per heavy atom. The second-order valence-corrected chi connectivity index (χ2v) is 4.85.